The van der Waals surface area contributed by atoms with E-state index >= 15 is 0 Å². The summed E-state index contributed by atoms with van der Waals surface area (Å²) in [6.45, 7) is 5.51. The predicted molar refractivity (Wildman–Crippen MR) is 71.8 cm³/mol. The average molecular weight is 233 g/mol. The largest absolute Gasteiger partial charge is 0.497 e. The van der Waals surface area contributed by atoms with Crippen molar-refractivity contribution in [3.63, 3.8) is 0 Å². The van der Waals surface area contributed by atoms with E-state index in [1.807, 2.05) is 0 Å². The van der Waals surface area contributed by atoms with Crippen LogP contribution in [0.4, 0.5) is 0 Å². The van der Waals surface area contributed by atoms with Crippen molar-refractivity contribution in [2.45, 2.75) is 45.1 Å². The first-order chi connectivity index (χ1) is 8.20. The van der Waals surface area contributed by atoms with E-state index in [4.69, 9.17) is 4.74 Å². The summed E-state index contributed by atoms with van der Waals surface area (Å²) in [7, 11) is 1.74. The van der Waals surface area contributed by atoms with E-state index in [-0.39, 0.29) is 0 Å². The Bertz CT molecular complexity index is 373. The molecular formula is C15H23NO. The predicted octanol–water partition coefficient (Wildman–Crippen LogP) is 3.11. The third kappa shape index (κ3) is 3.01. The Morgan fingerprint density at radius 2 is 2.24 bits per heavy atom. The molecule has 94 valence electrons. The first-order valence-corrected chi connectivity index (χ1v) is 6.61. The molecule has 0 saturated heterocycles. The van der Waals surface area contributed by atoms with Crippen LogP contribution in [0.25, 0.3) is 0 Å². The maximum absolute atomic E-state index is 5.30. The molecule has 17 heavy (non-hydrogen) atoms. The summed E-state index contributed by atoms with van der Waals surface area (Å²) in [5.74, 6) is 1.66. The average Bonchev–Trinajstić information content (AvgIpc) is 2.35. The molecule has 2 heteroatoms. The smallest absolute Gasteiger partial charge is 0.119 e. The zero-order chi connectivity index (χ0) is 12.3. The molecular weight excluding hydrogens is 210 g/mol. The molecule has 0 bridgehead atoms. The molecule has 2 nitrogen and oxygen atoms in total. The summed E-state index contributed by atoms with van der Waals surface area (Å²) >= 11 is 0. The third-order valence-corrected chi connectivity index (χ3v) is 3.56. The summed E-state index contributed by atoms with van der Waals surface area (Å²) in [4.78, 5) is 0. The van der Waals surface area contributed by atoms with Gasteiger partial charge in [-0.15, -0.1) is 0 Å². The highest BCUT2D eigenvalue weighted by molar-refractivity contribution is 5.39. The second-order valence-electron chi connectivity index (χ2n) is 5.22. The summed E-state index contributed by atoms with van der Waals surface area (Å²) < 4.78 is 5.30. The highest BCUT2D eigenvalue weighted by Crippen LogP contribution is 2.33. The minimum atomic E-state index is 0.568. The van der Waals surface area contributed by atoms with Gasteiger partial charge in [0.1, 0.15) is 5.75 Å². The number of rotatable bonds is 4. The van der Waals surface area contributed by atoms with Crippen LogP contribution < -0.4 is 10.1 Å². The second kappa shape index (κ2) is 5.54. The normalized spacial score (nSPS) is 19.2. The zero-order valence-electron chi connectivity index (χ0n) is 11.1. The van der Waals surface area contributed by atoms with Crippen LogP contribution in [0.3, 0.4) is 0 Å². The number of nitrogens with one attached hydrogen (secondary N) is 1. The van der Waals surface area contributed by atoms with E-state index < -0.39 is 0 Å². The van der Waals surface area contributed by atoms with Crippen LogP contribution in [-0.4, -0.2) is 19.7 Å². The first-order valence-electron chi connectivity index (χ1n) is 6.61. The van der Waals surface area contributed by atoms with Gasteiger partial charge in [0.05, 0.1) is 7.11 Å². The summed E-state index contributed by atoms with van der Waals surface area (Å²) in [5.41, 5.74) is 3.00. The molecule has 0 saturated carbocycles. The third-order valence-electron chi connectivity index (χ3n) is 3.56. The number of fused-ring (bicyclic) bond motifs is 1. The van der Waals surface area contributed by atoms with Crippen LogP contribution >= 0.6 is 0 Å². The fourth-order valence-corrected chi connectivity index (χ4v) is 2.61. The molecule has 1 atom stereocenters. The molecule has 1 aliphatic rings. The van der Waals surface area contributed by atoms with Crippen molar-refractivity contribution in [1.29, 1.82) is 0 Å². The van der Waals surface area contributed by atoms with Crippen molar-refractivity contribution in [3.05, 3.63) is 29.3 Å². The van der Waals surface area contributed by atoms with Gasteiger partial charge >= 0.3 is 0 Å². The van der Waals surface area contributed by atoms with Gasteiger partial charge in [0, 0.05) is 12.6 Å². The monoisotopic (exact) mass is 233 g/mol. The van der Waals surface area contributed by atoms with Gasteiger partial charge in [-0.05, 0) is 48.4 Å². The van der Waals surface area contributed by atoms with E-state index in [9.17, 15) is 0 Å². The van der Waals surface area contributed by atoms with Gasteiger partial charge in [-0.2, -0.15) is 0 Å². The van der Waals surface area contributed by atoms with Crippen molar-refractivity contribution < 1.29 is 4.74 Å². The van der Waals surface area contributed by atoms with Gasteiger partial charge in [-0.3, -0.25) is 0 Å². The molecule has 1 unspecified atom stereocenters. The first kappa shape index (κ1) is 12.4. The van der Waals surface area contributed by atoms with Crippen molar-refractivity contribution in [1.82, 2.24) is 5.32 Å². The Morgan fingerprint density at radius 3 is 2.94 bits per heavy atom. The van der Waals surface area contributed by atoms with Crippen LogP contribution in [0.15, 0.2) is 18.2 Å². The number of ether oxygens (including phenoxy) is 1. The Morgan fingerprint density at radius 1 is 1.41 bits per heavy atom. The van der Waals surface area contributed by atoms with Gasteiger partial charge < -0.3 is 10.1 Å². The maximum atomic E-state index is 5.30. The van der Waals surface area contributed by atoms with Gasteiger partial charge in [0.2, 0.25) is 0 Å². The molecule has 1 aromatic rings. The molecule has 0 aliphatic heterocycles. The summed E-state index contributed by atoms with van der Waals surface area (Å²) in [6.07, 6.45) is 3.80. The van der Waals surface area contributed by atoms with E-state index in [1.54, 1.807) is 7.11 Å². The van der Waals surface area contributed by atoms with Crippen LogP contribution in [-0.2, 0) is 6.42 Å². The Hall–Kier alpha value is -1.02. The molecule has 0 amide bonds. The van der Waals surface area contributed by atoms with E-state index in [1.165, 1.54) is 30.4 Å². The molecule has 0 spiro atoms. The summed E-state index contributed by atoms with van der Waals surface area (Å²) in [5, 5.41) is 3.55. The Balaban J connectivity index is 2.14. The number of hydrogen-bond acceptors (Lipinski definition) is 2. The van der Waals surface area contributed by atoms with E-state index in [0.717, 1.165) is 12.3 Å². The number of methoxy groups -OCH3 is 1. The molecule has 2 rings (SSSR count). The van der Waals surface area contributed by atoms with E-state index in [2.05, 4.69) is 37.4 Å². The van der Waals surface area contributed by atoms with Crippen LogP contribution in [0, 0.1) is 0 Å². The molecule has 0 radical (unpaired) electrons. The topological polar surface area (TPSA) is 21.3 Å². The minimum Gasteiger partial charge on any atom is -0.497 e. The van der Waals surface area contributed by atoms with Crippen LogP contribution in [0.2, 0.25) is 0 Å². The van der Waals surface area contributed by atoms with Crippen molar-refractivity contribution in [2.75, 3.05) is 13.7 Å². The van der Waals surface area contributed by atoms with Crippen molar-refractivity contribution >= 4 is 0 Å². The lowest BCUT2D eigenvalue weighted by molar-refractivity contribution is 0.412. The molecule has 0 fully saturated rings. The quantitative estimate of drug-likeness (QED) is 0.862. The number of hydrogen-bond donors (Lipinski definition) is 1. The van der Waals surface area contributed by atoms with Gasteiger partial charge in [0.15, 0.2) is 0 Å². The highest BCUT2D eigenvalue weighted by Gasteiger charge is 2.20. The van der Waals surface area contributed by atoms with Gasteiger partial charge in [-0.1, -0.05) is 19.9 Å². The second-order valence-corrected chi connectivity index (χ2v) is 5.22. The zero-order valence-corrected chi connectivity index (χ0v) is 11.1. The fraction of sp³-hybridized carbons (Fsp3) is 0.600. The molecule has 1 aromatic carbocycles. The molecule has 0 heterocycles. The number of benzene rings is 1. The van der Waals surface area contributed by atoms with Crippen LogP contribution in [0.5, 0.6) is 5.75 Å². The Labute approximate surface area is 104 Å². The van der Waals surface area contributed by atoms with Crippen molar-refractivity contribution in [3.8, 4) is 5.75 Å². The van der Waals surface area contributed by atoms with Gasteiger partial charge in [-0.25, -0.2) is 0 Å². The molecule has 0 aromatic heterocycles. The summed E-state index contributed by atoms with van der Waals surface area (Å²) in [6, 6.07) is 7.11. The lowest BCUT2D eigenvalue weighted by Crippen LogP contribution is -2.29. The van der Waals surface area contributed by atoms with Gasteiger partial charge in [0.25, 0.3) is 0 Å². The highest BCUT2D eigenvalue weighted by atomic mass is 16.5. The minimum absolute atomic E-state index is 0.568. The van der Waals surface area contributed by atoms with E-state index in [0.29, 0.717) is 12.0 Å². The maximum Gasteiger partial charge on any atom is 0.119 e. The SMILES string of the molecule is COc1ccc2c(c1)CCCC2CNC(C)C. The lowest BCUT2D eigenvalue weighted by atomic mass is 9.82. The van der Waals surface area contributed by atoms with Crippen molar-refractivity contribution in [2.24, 2.45) is 0 Å². The molecule has 1 aliphatic carbocycles. The Kier molecular flexibility index (Phi) is 4.06. The lowest BCUT2D eigenvalue weighted by Gasteiger charge is -2.27. The standard InChI is InChI=1S/C15H23NO/c1-11(2)16-10-13-6-4-5-12-9-14(17-3)7-8-15(12)13/h7-9,11,13,16H,4-6,10H2,1-3H3. The fourth-order valence-electron chi connectivity index (χ4n) is 2.61. The number of aryl methyl sites for hydroxylation is 1. The van der Waals surface area contributed by atoms with Crippen LogP contribution in [0.1, 0.15) is 43.7 Å². The molecule has 1 N–H and O–H groups in total.